The van der Waals surface area contributed by atoms with Crippen molar-refractivity contribution in [1.82, 2.24) is 4.57 Å². The van der Waals surface area contributed by atoms with Crippen molar-refractivity contribution < 1.29 is 0 Å². The van der Waals surface area contributed by atoms with Crippen LogP contribution in [0.25, 0.3) is 27.5 Å². The number of benzene rings is 3. The molecule has 0 atom stereocenters. The topological polar surface area (TPSA) is 28.7 Å². The van der Waals surface area contributed by atoms with Gasteiger partial charge in [-0.15, -0.1) is 0 Å². The number of rotatable bonds is 1. The molecule has 23 heavy (non-hydrogen) atoms. The standard InChI is InChI=1S/C19H10Br2N2/c20-13-3-7-18-16(9-13)17-10-14(21)4-8-19(17)23(18)15-5-1-12(11-22)2-6-15/h1-10H. The van der Waals surface area contributed by atoms with Gasteiger partial charge in [-0.25, -0.2) is 0 Å². The Morgan fingerprint density at radius 1 is 0.739 bits per heavy atom. The molecule has 0 fully saturated rings. The molecule has 2 nitrogen and oxygen atoms in total. The number of halogens is 2. The minimum atomic E-state index is 0.667. The van der Waals surface area contributed by atoms with E-state index in [9.17, 15) is 0 Å². The van der Waals surface area contributed by atoms with Gasteiger partial charge in [0, 0.05) is 25.4 Å². The molecule has 110 valence electrons. The van der Waals surface area contributed by atoms with Crippen molar-refractivity contribution in [2.45, 2.75) is 0 Å². The highest BCUT2D eigenvalue weighted by atomic mass is 79.9. The molecule has 1 heterocycles. The monoisotopic (exact) mass is 424 g/mol. The van der Waals surface area contributed by atoms with Gasteiger partial charge >= 0.3 is 0 Å². The van der Waals surface area contributed by atoms with Gasteiger partial charge in [-0.3, -0.25) is 0 Å². The second kappa shape index (κ2) is 5.52. The first-order valence-electron chi connectivity index (χ1n) is 7.07. The Labute approximate surface area is 150 Å². The highest BCUT2D eigenvalue weighted by Gasteiger charge is 2.12. The Kier molecular flexibility index (Phi) is 3.48. The van der Waals surface area contributed by atoms with Crippen LogP contribution in [0.5, 0.6) is 0 Å². The van der Waals surface area contributed by atoms with E-state index >= 15 is 0 Å². The fourth-order valence-electron chi connectivity index (χ4n) is 2.93. The molecule has 1 aromatic heterocycles. The van der Waals surface area contributed by atoms with E-state index in [2.05, 4.69) is 78.9 Å². The lowest BCUT2D eigenvalue weighted by atomic mass is 10.2. The van der Waals surface area contributed by atoms with Crippen molar-refractivity contribution >= 4 is 53.7 Å². The molecule has 0 bridgehead atoms. The second-order valence-corrected chi connectivity index (χ2v) is 7.15. The van der Waals surface area contributed by atoms with Gasteiger partial charge in [0.1, 0.15) is 0 Å². The van der Waals surface area contributed by atoms with Crippen LogP contribution in [0.15, 0.2) is 69.6 Å². The highest BCUT2D eigenvalue weighted by Crippen LogP contribution is 2.35. The molecular weight excluding hydrogens is 416 g/mol. The molecule has 0 saturated heterocycles. The van der Waals surface area contributed by atoms with Crippen molar-refractivity contribution in [3.8, 4) is 11.8 Å². The van der Waals surface area contributed by atoms with Crippen LogP contribution in [0.4, 0.5) is 0 Å². The van der Waals surface area contributed by atoms with E-state index in [4.69, 9.17) is 5.26 Å². The summed E-state index contributed by atoms with van der Waals surface area (Å²) in [6.45, 7) is 0. The average molecular weight is 426 g/mol. The molecule has 0 unspecified atom stereocenters. The molecule has 4 rings (SSSR count). The van der Waals surface area contributed by atoms with Crippen molar-refractivity contribution in [3.05, 3.63) is 75.2 Å². The van der Waals surface area contributed by atoms with E-state index in [-0.39, 0.29) is 0 Å². The summed E-state index contributed by atoms with van der Waals surface area (Å²) in [5.41, 5.74) is 4.01. The first kappa shape index (κ1) is 14.5. The lowest BCUT2D eigenvalue weighted by molar-refractivity contribution is 1.18. The van der Waals surface area contributed by atoms with Crippen molar-refractivity contribution in [2.24, 2.45) is 0 Å². The summed E-state index contributed by atoms with van der Waals surface area (Å²) in [4.78, 5) is 0. The smallest absolute Gasteiger partial charge is 0.0991 e. The van der Waals surface area contributed by atoms with E-state index in [1.54, 1.807) is 0 Å². The minimum Gasteiger partial charge on any atom is -0.309 e. The number of hydrogen-bond acceptors (Lipinski definition) is 1. The summed E-state index contributed by atoms with van der Waals surface area (Å²) in [5, 5.41) is 11.4. The first-order valence-corrected chi connectivity index (χ1v) is 8.66. The van der Waals surface area contributed by atoms with Crippen LogP contribution in [0, 0.1) is 11.3 Å². The summed E-state index contributed by atoms with van der Waals surface area (Å²) >= 11 is 7.13. The Hall–Kier alpha value is -2.09. The zero-order chi connectivity index (χ0) is 16.0. The van der Waals surface area contributed by atoms with Gasteiger partial charge in [-0.1, -0.05) is 31.9 Å². The van der Waals surface area contributed by atoms with Gasteiger partial charge in [0.2, 0.25) is 0 Å². The molecule has 4 heteroatoms. The van der Waals surface area contributed by atoms with E-state index in [0.29, 0.717) is 5.56 Å². The largest absolute Gasteiger partial charge is 0.309 e. The minimum absolute atomic E-state index is 0.667. The summed E-state index contributed by atoms with van der Waals surface area (Å²) < 4.78 is 4.35. The maximum absolute atomic E-state index is 9.00. The van der Waals surface area contributed by atoms with E-state index in [1.165, 1.54) is 10.8 Å². The third-order valence-electron chi connectivity index (χ3n) is 3.94. The number of fused-ring (bicyclic) bond motifs is 3. The summed E-state index contributed by atoms with van der Waals surface area (Å²) in [7, 11) is 0. The first-order chi connectivity index (χ1) is 11.2. The average Bonchev–Trinajstić information content (AvgIpc) is 2.88. The maximum atomic E-state index is 9.00. The molecule has 0 aliphatic rings. The van der Waals surface area contributed by atoms with Crippen LogP contribution >= 0.6 is 31.9 Å². The quantitative estimate of drug-likeness (QED) is 0.358. The molecular formula is C19H10Br2N2. The van der Waals surface area contributed by atoms with Gasteiger partial charge in [0.15, 0.2) is 0 Å². The third-order valence-corrected chi connectivity index (χ3v) is 4.93. The summed E-state index contributed by atoms with van der Waals surface area (Å²) in [6, 6.07) is 22.5. The van der Waals surface area contributed by atoms with Gasteiger partial charge in [-0.2, -0.15) is 5.26 Å². The number of aromatic nitrogens is 1. The number of nitrogens with zero attached hydrogens (tertiary/aromatic N) is 2. The third kappa shape index (κ3) is 2.37. The van der Waals surface area contributed by atoms with Gasteiger partial charge in [-0.05, 0) is 60.7 Å². The Bertz CT molecular complexity index is 1030. The van der Waals surface area contributed by atoms with E-state index in [0.717, 1.165) is 25.7 Å². The Balaban J connectivity index is 2.13. The zero-order valence-electron chi connectivity index (χ0n) is 11.9. The number of hydrogen-bond donors (Lipinski definition) is 0. The molecule has 0 spiro atoms. The predicted molar refractivity (Wildman–Crippen MR) is 101 cm³/mol. The van der Waals surface area contributed by atoms with Crippen molar-refractivity contribution in [3.63, 3.8) is 0 Å². The Morgan fingerprint density at radius 2 is 1.26 bits per heavy atom. The Morgan fingerprint density at radius 3 is 1.74 bits per heavy atom. The number of nitriles is 1. The summed E-state index contributed by atoms with van der Waals surface area (Å²) in [6.07, 6.45) is 0. The lowest BCUT2D eigenvalue weighted by Gasteiger charge is -2.07. The van der Waals surface area contributed by atoms with Crippen molar-refractivity contribution in [1.29, 1.82) is 5.26 Å². The molecule has 0 N–H and O–H groups in total. The fourth-order valence-corrected chi connectivity index (χ4v) is 3.65. The lowest BCUT2D eigenvalue weighted by Crippen LogP contribution is -1.93. The second-order valence-electron chi connectivity index (χ2n) is 5.32. The summed E-state index contributed by atoms with van der Waals surface area (Å²) in [5.74, 6) is 0. The van der Waals surface area contributed by atoms with Gasteiger partial charge in [0.05, 0.1) is 22.7 Å². The SMILES string of the molecule is N#Cc1ccc(-n2c3ccc(Br)cc3c3cc(Br)ccc32)cc1. The molecule has 0 saturated carbocycles. The molecule has 0 radical (unpaired) electrons. The van der Waals surface area contributed by atoms with Crippen LogP contribution in [0.1, 0.15) is 5.56 Å². The molecule has 3 aromatic carbocycles. The predicted octanol–water partition coefficient (Wildman–Crippen LogP) is 6.18. The van der Waals surface area contributed by atoms with Crippen LogP contribution < -0.4 is 0 Å². The zero-order valence-corrected chi connectivity index (χ0v) is 15.1. The van der Waals surface area contributed by atoms with Crippen LogP contribution in [-0.2, 0) is 0 Å². The van der Waals surface area contributed by atoms with E-state index < -0.39 is 0 Å². The van der Waals surface area contributed by atoms with Gasteiger partial charge in [0.25, 0.3) is 0 Å². The van der Waals surface area contributed by atoms with Crippen LogP contribution in [-0.4, -0.2) is 4.57 Å². The molecule has 0 amide bonds. The fraction of sp³-hybridized carbons (Fsp3) is 0. The van der Waals surface area contributed by atoms with Gasteiger partial charge < -0.3 is 4.57 Å². The van der Waals surface area contributed by atoms with Crippen LogP contribution in [0.2, 0.25) is 0 Å². The maximum Gasteiger partial charge on any atom is 0.0991 e. The van der Waals surface area contributed by atoms with Crippen molar-refractivity contribution in [2.75, 3.05) is 0 Å². The molecule has 0 aliphatic carbocycles. The van der Waals surface area contributed by atoms with Crippen LogP contribution in [0.3, 0.4) is 0 Å². The molecule has 0 aliphatic heterocycles. The molecule has 4 aromatic rings. The highest BCUT2D eigenvalue weighted by molar-refractivity contribution is 9.10. The normalized spacial score (nSPS) is 11.0. The van der Waals surface area contributed by atoms with E-state index in [1.807, 2.05) is 24.3 Å².